The van der Waals surface area contributed by atoms with Crippen LogP contribution in [0, 0.1) is 0 Å². The Morgan fingerprint density at radius 1 is 1.39 bits per heavy atom. The van der Waals surface area contributed by atoms with Crippen LogP contribution in [0.15, 0.2) is 30.3 Å². The third-order valence-corrected chi connectivity index (χ3v) is 3.05. The number of carbonyl (C=O) groups excluding carboxylic acids is 1. The van der Waals surface area contributed by atoms with Crippen molar-refractivity contribution in [3.8, 4) is 0 Å². The minimum atomic E-state index is -0.259. The summed E-state index contributed by atoms with van der Waals surface area (Å²) in [7, 11) is 1.95. The number of nitrogens with two attached hydrogens (primary N) is 1. The molecule has 0 heterocycles. The minimum absolute atomic E-state index is 0.00324. The van der Waals surface area contributed by atoms with Crippen molar-refractivity contribution < 1.29 is 4.79 Å². The van der Waals surface area contributed by atoms with Crippen LogP contribution in [0.25, 0.3) is 0 Å². The molecular formula is C14H23N3O. The Bertz CT molecular complexity index is 367. The second kappa shape index (κ2) is 7.13. The van der Waals surface area contributed by atoms with Gasteiger partial charge < -0.3 is 11.1 Å². The molecule has 0 aliphatic heterocycles. The van der Waals surface area contributed by atoms with Crippen LogP contribution in [0.2, 0.25) is 0 Å². The number of nitrogens with zero attached hydrogens (tertiary/aromatic N) is 1. The van der Waals surface area contributed by atoms with E-state index in [-0.39, 0.29) is 18.0 Å². The van der Waals surface area contributed by atoms with E-state index in [1.54, 1.807) is 0 Å². The average molecular weight is 249 g/mol. The van der Waals surface area contributed by atoms with Crippen LogP contribution in [-0.4, -0.2) is 37.0 Å². The topological polar surface area (TPSA) is 58.4 Å². The number of hydrogen-bond acceptors (Lipinski definition) is 3. The van der Waals surface area contributed by atoms with Gasteiger partial charge >= 0.3 is 0 Å². The van der Waals surface area contributed by atoms with E-state index in [9.17, 15) is 4.79 Å². The van der Waals surface area contributed by atoms with Crippen molar-refractivity contribution in [1.82, 2.24) is 10.2 Å². The number of amides is 1. The largest absolute Gasteiger partial charge is 0.351 e. The van der Waals surface area contributed by atoms with E-state index in [0.29, 0.717) is 6.54 Å². The lowest BCUT2D eigenvalue weighted by molar-refractivity contribution is -0.126. The fraction of sp³-hybridized carbons (Fsp3) is 0.500. The van der Waals surface area contributed by atoms with Gasteiger partial charge in [0.25, 0.3) is 0 Å². The first-order chi connectivity index (χ1) is 8.60. The molecule has 3 N–H and O–H groups in total. The molecule has 0 radical (unpaired) electrons. The smallest absolute Gasteiger partial charge is 0.242 e. The zero-order chi connectivity index (χ0) is 13.5. The number of nitrogens with one attached hydrogen (secondary N) is 1. The molecule has 2 atom stereocenters. The first-order valence-electron chi connectivity index (χ1n) is 6.35. The van der Waals surface area contributed by atoms with Gasteiger partial charge in [-0.1, -0.05) is 37.3 Å². The Hall–Kier alpha value is -1.39. The van der Waals surface area contributed by atoms with Crippen LogP contribution in [-0.2, 0) is 4.79 Å². The molecule has 0 aromatic heterocycles. The summed E-state index contributed by atoms with van der Waals surface area (Å²) >= 11 is 0. The third-order valence-electron chi connectivity index (χ3n) is 3.05. The van der Waals surface area contributed by atoms with E-state index in [1.165, 1.54) is 0 Å². The van der Waals surface area contributed by atoms with E-state index in [2.05, 4.69) is 5.32 Å². The SMILES string of the molecule is CCN(C)C(C(=O)N[C@@H](C)CN)c1ccccc1. The van der Waals surface area contributed by atoms with Gasteiger partial charge in [0, 0.05) is 12.6 Å². The van der Waals surface area contributed by atoms with E-state index in [1.807, 2.05) is 56.1 Å². The molecule has 0 saturated heterocycles. The zero-order valence-corrected chi connectivity index (χ0v) is 11.4. The molecule has 0 spiro atoms. The van der Waals surface area contributed by atoms with E-state index in [0.717, 1.165) is 12.1 Å². The van der Waals surface area contributed by atoms with Gasteiger partial charge in [0.05, 0.1) is 0 Å². The Labute approximate surface area is 109 Å². The van der Waals surface area contributed by atoms with Gasteiger partial charge in [0.1, 0.15) is 6.04 Å². The molecule has 0 bridgehead atoms. The van der Waals surface area contributed by atoms with Crippen LogP contribution in [0.4, 0.5) is 0 Å². The molecule has 4 nitrogen and oxygen atoms in total. The van der Waals surface area contributed by atoms with Gasteiger partial charge in [-0.15, -0.1) is 0 Å². The molecule has 1 amide bonds. The lowest BCUT2D eigenvalue weighted by atomic mass is 10.0. The molecule has 18 heavy (non-hydrogen) atoms. The second-order valence-corrected chi connectivity index (χ2v) is 4.53. The molecule has 4 heteroatoms. The predicted octanol–water partition coefficient (Wildman–Crippen LogP) is 1.14. The fourth-order valence-electron chi connectivity index (χ4n) is 1.80. The summed E-state index contributed by atoms with van der Waals surface area (Å²) in [6.07, 6.45) is 0. The van der Waals surface area contributed by atoms with Crippen LogP contribution in [0.1, 0.15) is 25.5 Å². The highest BCUT2D eigenvalue weighted by atomic mass is 16.2. The van der Waals surface area contributed by atoms with E-state index in [4.69, 9.17) is 5.73 Å². The fourth-order valence-corrected chi connectivity index (χ4v) is 1.80. The highest BCUT2D eigenvalue weighted by molar-refractivity contribution is 5.83. The van der Waals surface area contributed by atoms with Gasteiger partial charge in [-0.05, 0) is 26.1 Å². The number of hydrogen-bond donors (Lipinski definition) is 2. The Morgan fingerprint density at radius 2 is 2.00 bits per heavy atom. The van der Waals surface area contributed by atoms with Crippen molar-refractivity contribution in [3.63, 3.8) is 0 Å². The van der Waals surface area contributed by atoms with Gasteiger partial charge in [0.15, 0.2) is 0 Å². The lowest BCUT2D eigenvalue weighted by Crippen LogP contribution is -2.44. The number of rotatable bonds is 6. The minimum Gasteiger partial charge on any atom is -0.351 e. The molecule has 1 unspecified atom stereocenters. The number of carbonyl (C=O) groups is 1. The van der Waals surface area contributed by atoms with E-state index < -0.39 is 0 Å². The van der Waals surface area contributed by atoms with Crippen molar-refractivity contribution in [2.75, 3.05) is 20.1 Å². The maximum atomic E-state index is 12.3. The first kappa shape index (κ1) is 14.7. The summed E-state index contributed by atoms with van der Waals surface area (Å²) in [5.74, 6) is 0.00324. The quantitative estimate of drug-likeness (QED) is 0.795. The predicted molar refractivity (Wildman–Crippen MR) is 74.1 cm³/mol. The van der Waals surface area contributed by atoms with Crippen LogP contribution < -0.4 is 11.1 Å². The Balaban J connectivity index is 2.89. The lowest BCUT2D eigenvalue weighted by Gasteiger charge is -2.27. The highest BCUT2D eigenvalue weighted by Crippen LogP contribution is 2.19. The van der Waals surface area contributed by atoms with E-state index >= 15 is 0 Å². The normalized spacial score (nSPS) is 14.3. The summed E-state index contributed by atoms with van der Waals surface area (Å²) in [5, 5.41) is 2.94. The highest BCUT2D eigenvalue weighted by Gasteiger charge is 2.24. The summed E-state index contributed by atoms with van der Waals surface area (Å²) in [6.45, 7) is 5.20. The molecule has 1 rings (SSSR count). The molecule has 1 aromatic rings. The Kier molecular flexibility index (Phi) is 5.82. The molecule has 0 saturated carbocycles. The Morgan fingerprint density at radius 3 is 2.50 bits per heavy atom. The van der Waals surface area contributed by atoms with Crippen LogP contribution in [0.5, 0.6) is 0 Å². The summed E-state index contributed by atoms with van der Waals surface area (Å²) in [5.41, 5.74) is 6.54. The molecule has 1 aromatic carbocycles. The molecular weight excluding hydrogens is 226 g/mol. The zero-order valence-electron chi connectivity index (χ0n) is 11.4. The number of likely N-dealkylation sites (N-methyl/N-ethyl adjacent to an activating group) is 1. The van der Waals surface area contributed by atoms with Gasteiger partial charge in [0.2, 0.25) is 5.91 Å². The van der Waals surface area contributed by atoms with Crippen molar-refractivity contribution in [3.05, 3.63) is 35.9 Å². The summed E-state index contributed by atoms with van der Waals surface area (Å²) in [6, 6.07) is 9.54. The van der Waals surface area contributed by atoms with Crippen LogP contribution >= 0.6 is 0 Å². The molecule has 100 valence electrons. The summed E-state index contributed by atoms with van der Waals surface area (Å²) in [4.78, 5) is 14.3. The van der Waals surface area contributed by atoms with Crippen molar-refractivity contribution >= 4 is 5.91 Å². The standard InChI is InChI=1S/C14H23N3O/c1-4-17(3)13(12-8-6-5-7-9-12)14(18)16-11(2)10-15/h5-9,11,13H,4,10,15H2,1-3H3,(H,16,18)/t11-,13?/m0/s1. The maximum absolute atomic E-state index is 12.3. The molecule has 0 aliphatic carbocycles. The summed E-state index contributed by atoms with van der Waals surface area (Å²) < 4.78 is 0. The third kappa shape index (κ3) is 3.82. The van der Waals surface area contributed by atoms with Gasteiger partial charge in [-0.3, -0.25) is 9.69 Å². The maximum Gasteiger partial charge on any atom is 0.242 e. The second-order valence-electron chi connectivity index (χ2n) is 4.53. The average Bonchev–Trinajstić information content (AvgIpc) is 2.39. The molecule has 0 aliphatic rings. The van der Waals surface area contributed by atoms with Crippen molar-refractivity contribution in [2.24, 2.45) is 5.73 Å². The first-order valence-corrected chi connectivity index (χ1v) is 6.35. The van der Waals surface area contributed by atoms with Gasteiger partial charge in [-0.2, -0.15) is 0 Å². The monoisotopic (exact) mass is 249 g/mol. The van der Waals surface area contributed by atoms with Crippen molar-refractivity contribution in [2.45, 2.75) is 25.9 Å². The van der Waals surface area contributed by atoms with Gasteiger partial charge in [-0.25, -0.2) is 0 Å². The molecule has 0 fully saturated rings. The van der Waals surface area contributed by atoms with Crippen molar-refractivity contribution in [1.29, 1.82) is 0 Å². The number of benzene rings is 1. The van der Waals surface area contributed by atoms with Crippen LogP contribution in [0.3, 0.4) is 0 Å².